The molecule has 0 unspecified atom stereocenters. The number of nitrogens with one attached hydrogen (secondary N) is 2. The van der Waals surface area contributed by atoms with Crippen molar-refractivity contribution in [3.63, 3.8) is 0 Å². The Kier molecular flexibility index (Phi) is 7.68. The molecule has 6 nitrogen and oxygen atoms in total. The third kappa shape index (κ3) is 6.50. The monoisotopic (exact) mass is 385 g/mol. The highest BCUT2D eigenvalue weighted by molar-refractivity contribution is 5.91. The lowest BCUT2D eigenvalue weighted by Crippen LogP contribution is -2.53. The summed E-state index contributed by atoms with van der Waals surface area (Å²) in [6, 6.07) is 13.6. The minimum Gasteiger partial charge on any atom is -0.368 e. The summed E-state index contributed by atoms with van der Waals surface area (Å²) in [4.78, 5) is 35.9. The first-order chi connectivity index (χ1) is 13.4. The number of hydrogen-bond donors (Lipinski definition) is 3. The highest BCUT2D eigenvalue weighted by Crippen LogP contribution is 2.10. The molecule has 7 heteroatoms. The molecule has 28 heavy (non-hydrogen) atoms. The summed E-state index contributed by atoms with van der Waals surface area (Å²) < 4.78 is 13.9. The summed E-state index contributed by atoms with van der Waals surface area (Å²) in [7, 11) is 0. The molecule has 0 fully saturated rings. The Labute approximate surface area is 163 Å². The number of primary amides is 1. The lowest BCUT2D eigenvalue weighted by Gasteiger charge is -2.22. The van der Waals surface area contributed by atoms with Crippen LogP contribution in [0.2, 0.25) is 0 Å². The number of halogens is 1. The molecule has 2 rings (SSSR count). The fourth-order valence-electron chi connectivity index (χ4n) is 2.85. The maximum atomic E-state index is 13.9. The van der Waals surface area contributed by atoms with Gasteiger partial charge in [0.2, 0.25) is 17.7 Å². The van der Waals surface area contributed by atoms with Gasteiger partial charge in [-0.1, -0.05) is 48.5 Å². The Balaban J connectivity index is 2.07. The van der Waals surface area contributed by atoms with E-state index in [1.165, 1.54) is 13.0 Å². The van der Waals surface area contributed by atoms with Crippen molar-refractivity contribution in [3.8, 4) is 0 Å². The van der Waals surface area contributed by atoms with Gasteiger partial charge in [0.05, 0.1) is 0 Å². The Morgan fingerprint density at radius 2 is 1.61 bits per heavy atom. The van der Waals surface area contributed by atoms with Crippen LogP contribution in [0.15, 0.2) is 54.6 Å². The average Bonchev–Trinajstić information content (AvgIpc) is 2.66. The number of rotatable bonds is 9. The van der Waals surface area contributed by atoms with E-state index in [0.717, 1.165) is 5.56 Å². The van der Waals surface area contributed by atoms with Crippen molar-refractivity contribution in [1.82, 2.24) is 10.6 Å². The number of nitrogens with two attached hydrogens (primary N) is 1. The second kappa shape index (κ2) is 10.2. The van der Waals surface area contributed by atoms with E-state index in [0.29, 0.717) is 12.8 Å². The quantitative estimate of drug-likeness (QED) is 0.609. The fourth-order valence-corrected chi connectivity index (χ4v) is 2.85. The van der Waals surface area contributed by atoms with E-state index in [2.05, 4.69) is 10.6 Å². The molecule has 2 aromatic carbocycles. The molecule has 0 aliphatic heterocycles. The van der Waals surface area contributed by atoms with Crippen molar-refractivity contribution in [2.45, 2.75) is 38.3 Å². The topological polar surface area (TPSA) is 101 Å². The van der Waals surface area contributed by atoms with Crippen LogP contribution in [0.1, 0.15) is 24.5 Å². The number of carbonyl (C=O) groups is 3. The molecule has 0 heterocycles. The van der Waals surface area contributed by atoms with Crippen molar-refractivity contribution in [2.75, 3.05) is 0 Å². The molecule has 0 aliphatic carbocycles. The van der Waals surface area contributed by atoms with Gasteiger partial charge in [0.15, 0.2) is 0 Å². The van der Waals surface area contributed by atoms with Crippen molar-refractivity contribution < 1.29 is 18.8 Å². The van der Waals surface area contributed by atoms with Crippen LogP contribution in [0.4, 0.5) is 4.39 Å². The zero-order valence-electron chi connectivity index (χ0n) is 15.7. The van der Waals surface area contributed by atoms with Crippen LogP contribution in [0.25, 0.3) is 0 Å². The predicted octanol–water partition coefficient (Wildman–Crippen LogP) is 1.48. The Morgan fingerprint density at radius 3 is 2.21 bits per heavy atom. The van der Waals surface area contributed by atoms with Crippen molar-refractivity contribution in [1.29, 1.82) is 0 Å². The van der Waals surface area contributed by atoms with Crippen molar-refractivity contribution in [2.24, 2.45) is 5.73 Å². The number of hydrogen-bond acceptors (Lipinski definition) is 3. The SMILES string of the molecule is CC(=O)N[C@@H](Cc1ccccc1F)C(=O)N[C@H](CCc1ccccc1)C(N)=O. The van der Waals surface area contributed by atoms with E-state index >= 15 is 0 Å². The molecule has 2 atom stereocenters. The smallest absolute Gasteiger partial charge is 0.243 e. The number of carbonyl (C=O) groups excluding carboxylic acids is 3. The molecule has 4 N–H and O–H groups in total. The van der Waals surface area contributed by atoms with E-state index in [1.54, 1.807) is 18.2 Å². The Morgan fingerprint density at radius 1 is 0.964 bits per heavy atom. The highest BCUT2D eigenvalue weighted by atomic mass is 19.1. The summed E-state index contributed by atoms with van der Waals surface area (Å²) >= 11 is 0. The molecule has 0 radical (unpaired) electrons. The number of benzene rings is 2. The van der Waals surface area contributed by atoms with Gasteiger partial charge < -0.3 is 16.4 Å². The maximum Gasteiger partial charge on any atom is 0.243 e. The van der Waals surface area contributed by atoms with Gasteiger partial charge in [0.25, 0.3) is 0 Å². The number of aryl methyl sites for hydroxylation is 1. The summed E-state index contributed by atoms with van der Waals surface area (Å²) in [5, 5.41) is 5.08. The van der Waals surface area contributed by atoms with E-state index in [4.69, 9.17) is 5.73 Å². The zero-order chi connectivity index (χ0) is 20.5. The first kappa shape index (κ1) is 21.1. The summed E-state index contributed by atoms with van der Waals surface area (Å²) in [6.45, 7) is 1.27. The molecule has 0 aliphatic rings. The molecule has 0 bridgehead atoms. The van der Waals surface area contributed by atoms with Gasteiger partial charge in [-0.3, -0.25) is 14.4 Å². The number of amides is 3. The minimum atomic E-state index is -1.02. The van der Waals surface area contributed by atoms with Crippen LogP contribution in [-0.4, -0.2) is 29.8 Å². The van der Waals surface area contributed by atoms with Gasteiger partial charge in [-0.25, -0.2) is 4.39 Å². The summed E-state index contributed by atoms with van der Waals surface area (Å²) in [5.74, 6) is -2.16. The van der Waals surface area contributed by atoms with Gasteiger partial charge in [-0.15, -0.1) is 0 Å². The highest BCUT2D eigenvalue weighted by Gasteiger charge is 2.25. The Hall–Kier alpha value is -3.22. The zero-order valence-corrected chi connectivity index (χ0v) is 15.7. The van der Waals surface area contributed by atoms with Crippen LogP contribution in [0.3, 0.4) is 0 Å². The summed E-state index contributed by atoms with van der Waals surface area (Å²) in [6.07, 6.45) is 0.826. The minimum absolute atomic E-state index is 0.0394. The lowest BCUT2D eigenvalue weighted by atomic mass is 10.0. The third-order valence-electron chi connectivity index (χ3n) is 4.30. The lowest BCUT2D eigenvalue weighted by molar-refractivity contribution is -0.130. The average molecular weight is 385 g/mol. The van der Waals surface area contributed by atoms with Gasteiger partial charge >= 0.3 is 0 Å². The normalized spacial score (nSPS) is 12.6. The maximum absolute atomic E-state index is 13.9. The first-order valence-corrected chi connectivity index (χ1v) is 9.01. The second-order valence-corrected chi connectivity index (χ2v) is 6.54. The van der Waals surface area contributed by atoms with E-state index in [1.807, 2.05) is 30.3 Å². The first-order valence-electron chi connectivity index (χ1n) is 9.01. The predicted molar refractivity (Wildman–Crippen MR) is 104 cm³/mol. The van der Waals surface area contributed by atoms with Crippen LogP contribution in [0.5, 0.6) is 0 Å². The van der Waals surface area contributed by atoms with Gasteiger partial charge in [0.1, 0.15) is 17.9 Å². The molecular formula is C21H24FN3O3. The largest absolute Gasteiger partial charge is 0.368 e. The molecule has 148 valence electrons. The molecule has 2 aromatic rings. The molecular weight excluding hydrogens is 361 g/mol. The third-order valence-corrected chi connectivity index (χ3v) is 4.30. The molecule has 0 aromatic heterocycles. The Bertz CT molecular complexity index is 827. The van der Waals surface area contributed by atoms with E-state index in [9.17, 15) is 18.8 Å². The molecule has 0 saturated carbocycles. The van der Waals surface area contributed by atoms with Gasteiger partial charge in [-0.05, 0) is 30.0 Å². The van der Waals surface area contributed by atoms with Crippen molar-refractivity contribution in [3.05, 3.63) is 71.5 Å². The van der Waals surface area contributed by atoms with Crippen LogP contribution < -0.4 is 16.4 Å². The molecule has 0 saturated heterocycles. The van der Waals surface area contributed by atoms with Crippen LogP contribution in [-0.2, 0) is 27.2 Å². The summed E-state index contributed by atoms with van der Waals surface area (Å²) in [5.41, 5.74) is 6.72. The standard InChI is InChI=1S/C21H24FN3O3/c1-14(26)24-19(13-16-9-5-6-10-17(16)22)21(28)25-18(20(23)27)12-11-15-7-3-2-4-8-15/h2-10,18-19H,11-13H2,1H3,(H2,23,27)(H,24,26)(H,25,28)/t18-,19+/m1/s1. The fraction of sp³-hybridized carbons (Fsp3) is 0.286. The molecule has 0 spiro atoms. The molecule has 3 amide bonds. The second-order valence-electron chi connectivity index (χ2n) is 6.54. The van der Waals surface area contributed by atoms with Gasteiger partial charge in [-0.2, -0.15) is 0 Å². The van der Waals surface area contributed by atoms with Gasteiger partial charge in [0, 0.05) is 13.3 Å². The van der Waals surface area contributed by atoms with Crippen LogP contribution >= 0.6 is 0 Å². The van der Waals surface area contributed by atoms with Crippen LogP contribution in [0, 0.1) is 5.82 Å². The van der Waals surface area contributed by atoms with E-state index < -0.39 is 35.6 Å². The van der Waals surface area contributed by atoms with E-state index in [-0.39, 0.29) is 12.0 Å². The van der Waals surface area contributed by atoms with Crippen molar-refractivity contribution >= 4 is 17.7 Å².